The van der Waals surface area contributed by atoms with Crippen molar-refractivity contribution in [2.45, 2.75) is 122 Å². The Bertz CT molecular complexity index is 622. The summed E-state index contributed by atoms with van der Waals surface area (Å²) in [6.07, 6.45) is 11.9. The molecule has 4 N–H and O–H groups in total. The molecule has 10 heteroatoms. The average Bonchev–Trinajstić information content (AvgIpc) is 2.86. The molecular weight excluding hydrogens is 472 g/mol. The molecule has 0 aliphatic carbocycles. The molecule has 0 rings (SSSR count). The highest BCUT2D eigenvalue weighted by Gasteiger charge is 2.30. The van der Waals surface area contributed by atoms with Gasteiger partial charge in [-0.25, -0.2) is 9.59 Å². The molecule has 0 radical (unpaired) electrons. The number of aliphatic hydroxyl groups is 4. The first-order valence-electron chi connectivity index (χ1n) is 13.3. The molecule has 0 fully saturated rings. The van der Waals surface area contributed by atoms with Crippen molar-refractivity contribution in [1.82, 2.24) is 0 Å². The number of carbonyl (C=O) groups excluding carboxylic acids is 4. The number of carbonyl (C=O) groups is 4. The summed E-state index contributed by atoms with van der Waals surface area (Å²) >= 11 is 0. The third-order valence-corrected chi connectivity index (χ3v) is 5.96. The Kier molecular flexibility index (Phi) is 21.2. The van der Waals surface area contributed by atoms with Crippen LogP contribution in [0.3, 0.4) is 0 Å². The minimum Gasteiger partial charge on any atom is -0.393 e. The Balaban J connectivity index is 4.32. The van der Waals surface area contributed by atoms with Crippen molar-refractivity contribution in [2.75, 3.05) is 13.2 Å². The third kappa shape index (κ3) is 17.5. The van der Waals surface area contributed by atoms with Crippen LogP contribution in [0.1, 0.15) is 110 Å². The van der Waals surface area contributed by atoms with Crippen LogP contribution in [0.15, 0.2) is 0 Å². The highest BCUT2D eigenvalue weighted by atomic mass is 16.6. The Morgan fingerprint density at radius 2 is 0.972 bits per heavy atom. The first kappa shape index (κ1) is 34.1. The smallest absolute Gasteiger partial charge is 0.345 e. The largest absolute Gasteiger partial charge is 0.393 e. The standard InChI is InChI=1S/C26H46O10/c1-2-3-4-5-6-7-8-9-10-11-12-13-14-15-16-20(24(32)36-26(34)22(30)19-28)17-23(31)35-25(33)21(29)18-27/h20-22,27-30H,2-19H2,1H3. The number of esters is 4. The molecule has 0 spiro atoms. The van der Waals surface area contributed by atoms with Crippen molar-refractivity contribution in [3.63, 3.8) is 0 Å². The fourth-order valence-electron chi connectivity index (χ4n) is 3.71. The van der Waals surface area contributed by atoms with Crippen molar-refractivity contribution < 1.29 is 49.1 Å². The summed E-state index contributed by atoms with van der Waals surface area (Å²) < 4.78 is 8.95. The number of hydrogen-bond acceptors (Lipinski definition) is 10. The maximum atomic E-state index is 12.3. The van der Waals surface area contributed by atoms with Gasteiger partial charge in [0.1, 0.15) is 0 Å². The quantitative estimate of drug-likeness (QED) is 0.0950. The lowest BCUT2D eigenvalue weighted by atomic mass is 9.97. The minimum atomic E-state index is -1.89. The second-order valence-electron chi connectivity index (χ2n) is 9.22. The van der Waals surface area contributed by atoms with Crippen LogP contribution in [0.5, 0.6) is 0 Å². The van der Waals surface area contributed by atoms with Gasteiger partial charge >= 0.3 is 23.9 Å². The maximum Gasteiger partial charge on any atom is 0.345 e. The van der Waals surface area contributed by atoms with Crippen LogP contribution in [0, 0.1) is 5.92 Å². The number of hydrogen-bond donors (Lipinski definition) is 4. The molecule has 0 saturated heterocycles. The predicted octanol–water partition coefficient (Wildman–Crippen LogP) is 2.71. The van der Waals surface area contributed by atoms with Gasteiger partial charge in [-0.05, 0) is 6.42 Å². The summed E-state index contributed by atoms with van der Waals surface area (Å²) in [4.78, 5) is 47.4. The van der Waals surface area contributed by atoms with Gasteiger partial charge < -0.3 is 29.9 Å². The molecule has 0 amide bonds. The monoisotopic (exact) mass is 518 g/mol. The molecule has 0 aromatic rings. The Hall–Kier alpha value is -1.88. The summed E-state index contributed by atoms with van der Waals surface area (Å²) in [5.74, 6) is -5.99. The van der Waals surface area contributed by atoms with Crippen molar-refractivity contribution >= 4 is 23.9 Å². The second-order valence-corrected chi connectivity index (χ2v) is 9.22. The van der Waals surface area contributed by atoms with Gasteiger partial charge in [-0.2, -0.15) is 0 Å². The van der Waals surface area contributed by atoms with Crippen LogP contribution in [0.2, 0.25) is 0 Å². The summed E-state index contributed by atoms with van der Waals surface area (Å²) in [7, 11) is 0. The Morgan fingerprint density at radius 3 is 1.39 bits per heavy atom. The molecule has 210 valence electrons. The predicted molar refractivity (Wildman–Crippen MR) is 131 cm³/mol. The Labute approximate surface area is 214 Å². The normalized spacial score (nSPS) is 13.6. The summed E-state index contributed by atoms with van der Waals surface area (Å²) in [5.41, 5.74) is 0. The van der Waals surface area contributed by atoms with Crippen LogP contribution in [-0.4, -0.2) is 69.7 Å². The molecular formula is C26H46O10. The Morgan fingerprint density at radius 1 is 0.583 bits per heavy atom. The van der Waals surface area contributed by atoms with Gasteiger partial charge in [-0.3, -0.25) is 9.59 Å². The minimum absolute atomic E-state index is 0.186. The van der Waals surface area contributed by atoms with Crippen LogP contribution in [0.25, 0.3) is 0 Å². The first-order valence-corrected chi connectivity index (χ1v) is 13.3. The van der Waals surface area contributed by atoms with Crippen LogP contribution >= 0.6 is 0 Å². The van der Waals surface area contributed by atoms with Gasteiger partial charge in [0, 0.05) is 0 Å². The van der Waals surface area contributed by atoms with Crippen LogP contribution in [-0.2, 0) is 28.7 Å². The molecule has 0 aromatic heterocycles. The van der Waals surface area contributed by atoms with E-state index in [1.165, 1.54) is 57.8 Å². The maximum absolute atomic E-state index is 12.3. The van der Waals surface area contributed by atoms with E-state index in [0.29, 0.717) is 6.42 Å². The zero-order valence-electron chi connectivity index (χ0n) is 21.7. The molecule has 0 bridgehead atoms. The van der Waals surface area contributed by atoms with Crippen molar-refractivity contribution in [3.05, 3.63) is 0 Å². The average molecular weight is 519 g/mol. The zero-order chi connectivity index (χ0) is 27.2. The summed E-state index contributed by atoms with van der Waals surface area (Å²) in [6, 6.07) is 0. The highest BCUT2D eigenvalue weighted by molar-refractivity contribution is 5.92. The van der Waals surface area contributed by atoms with Crippen LogP contribution < -0.4 is 0 Å². The van der Waals surface area contributed by atoms with E-state index in [0.717, 1.165) is 25.7 Å². The number of unbranched alkanes of at least 4 members (excludes halogenated alkanes) is 13. The molecule has 36 heavy (non-hydrogen) atoms. The van der Waals surface area contributed by atoms with Crippen molar-refractivity contribution in [1.29, 1.82) is 0 Å². The summed E-state index contributed by atoms with van der Waals surface area (Å²) in [6.45, 7) is 0.367. The van der Waals surface area contributed by atoms with E-state index in [2.05, 4.69) is 16.4 Å². The lowest BCUT2D eigenvalue weighted by molar-refractivity contribution is -0.174. The molecule has 10 nitrogen and oxygen atoms in total. The van der Waals surface area contributed by atoms with Gasteiger partial charge in [0.25, 0.3) is 0 Å². The van der Waals surface area contributed by atoms with E-state index >= 15 is 0 Å². The van der Waals surface area contributed by atoms with E-state index in [-0.39, 0.29) is 6.42 Å². The van der Waals surface area contributed by atoms with Gasteiger partial charge in [0.05, 0.1) is 25.6 Å². The molecule has 0 saturated carbocycles. The fourth-order valence-corrected chi connectivity index (χ4v) is 3.71. The van der Waals surface area contributed by atoms with Gasteiger partial charge in [-0.15, -0.1) is 0 Å². The van der Waals surface area contributed by atoms with Crippen molar-refractivity contribution in [2.24, 2.45) is 5.92 Å². The van der Waals surface area contributed by atoms with Crippen molar-refractivity contribution in [3.8, 4) is 0 Å². The summed E-state index contributed by atoms with van der Waals surface area (Å²) in [5, 5.41) is 36.0. The number of aliphatic hydroxyl groups excluding tert-OH is 4. The SMILES string of the molecule is CCCCCCCCCCCCCCCCC(CC(=O)OC(=O)C(O)CO)C(=O)OC(=O)C(O)CO. The van der Waals surface area contributed by atoms with Gasteiger partial charge in [-0.1, -0.05) is 96.8 Å². The first-order chi connectivity index (χ1) is 17.3. The highest BCUT2D eigenvalue weighted by Crippen LogP contribution is 2.19. The molecule has 0 aliphatic heterocycles. The molecule has 3 unspecified atom stereocenters. The molecule has 0 heterocycles. The molecule has 0 aliphatic rings. The van der Waals surface area contributed by atoms with E-state index in [9.17, 15) is 29.4 Å². The van der Waals surface area contributed by atoms with Crippen LogP contribution in [0.4, 0.5) is 0 Å². The second kappa shape index (κ2) is 22.3. The molecule has 3 atom stereocenters. The number of rotatable bonds is 22. The lowest BCUT2D eigenvalue weighted by Crippen LogP contribution is -2.33. The van der Waals surface area contributed by atoms with E-state index in [1.54, 1.807) is 0 Å². The third-order valence-electron chi connectivity index (χ3n) is 5.96. The van der Waals surface area contributed by atoms with Gasteiger partial charge in [0.2, 0.25) is 0 Å². The van der Waals surface area contributed by atoms with E-state index < -0.39 is 61.6 Å². The van der Waals surface area contributed by atoms with Gasteiger partial charge in [0.15, 0.2) is 12.2 Å². The van der Waals surface area contributed by atoms with E-state index in [4.69, 9.17) is 10.2 Å². The number of ether oxygens (including phenoxy) is 2. The lowest BCUT2D eigenvalue weighted by Gasteiger charge is -2.16. The topological polar surface area (TPSA) is 168 Å². The zero-order valence-corrected chi connectivity index (χ0v) is 21.7. The molecule has 0 aromatic carbocycles. The van der Waals surface area contributed by atoms with E-state index in [1.807, 2.05) is 0 Å². The fraction of sp³-hybridized carbons (Fsp3) is 0.846.